The van der Waals surface area contributed by atoms with Crippen LogP contribution < -0.4 is 5.32 Å². The van der Waals surface area contributed by atoms with Gasteiger partial charge in [-0.05, 0) is 53.5 Å². The third-order valence-corrected chi connectivity index (χ3v) is 4.63. The number of fused-ring (bicyclic) bond motifs is 1. The summed E-state index contributed by atoms with van der Waals surface area (Å²) >= 11 is 4.13. The normalized spacial score (nSPS) is 13.7. The Kier molecular flexibility index (Phi) is 3.28. The van der Waals surface area contributed by atoms with E-state index in [9.17, 15) is 0 Å². The van der Waals surface area contributed by atoms with E-state index in [1.54, 1.807) is 10.4 Å². The first-order chi connectivity index (χ1) is 8.31. The highest BCUT2D eigenvalue weighted by atomic mass is 127. The van der Waals surface area contributed by atoms with Crippen molar-refractivity contribution in [3.63, 3.8) is 0 Å². The second kappa shape index (κ2) is 4.89. The molecule has 0 aromatic carbocycles. The zero-order chi connectivity index (χ0) is 11.7. The number of aromatic nitrogens is 2. The molecule has 0 atom stereocenters. The van der Waals surface area contributed by atoms with Crippen molar-refractivity contribution in [1.82, 2.24) is 9.97 Å². The second-order valence-corrected chi connectivity index (χ2v) is 6.56. The van der Waals surface area contributed by atoms with E-state index < -0.39 is 0 Å². The standard InChI is InChI=1S/C12H12IN3S/c13-9-5-14-12(15-6-9)16-7-10-4-8-2-1-3-11(8)17-10/h4-6H,1-3,7H2,(H,14,15,16). The zero-order valence-electron chi connectivity index (χ0n) is 9.24. The maximum Gasteiger partial charge on any atom is 0.222 e. The summed E-state index contributed by atoms with van der Waals surface area (Å²) in [6.45, 7) is 0.832. The highest BCUT2D eigenvalue weighted by Gasteiger charge is 2.14. The Balaban J connectivity index is 1.65. The molecule has 88 valence electrons. The molecule has 1 aliphatic carbocycles. The summed E-state index contributed by atoms with van der Waals surface area (Å²) in [7, 11) is 0. The van der Waals surface area contributed by atoms with Gasteiger partial charge in [-0.15, -0.1) is 11.3 Å². The Morgan fingerprint density at radius 3 is 2.88 bits per heavy atom. The lowest BCUT2D eigenvalue weighted by Crippen LogP contribution is -2.02. The van der Waals surface area contributed by atoms with Crippen LogP contribution in [0.3, 0.4) is 0 Å². The highest BCUT2D eigenvalue weighted by molar-refractivity contribution is 14.1. The van der Waals surface area contributed by atoms with Crippen molar-refractivity contribution in [2.75, 3.05) is 5.32 Å². The number of aryl methyl sites for hydroxylation is 2. The van der Waals surface area contributed by atoms with E-state index in [2.05, 4.69) is 43.9 Å². The van der Waals surface area contributed by atoms with Gasteiger partial charge in [0.1, 0.15) is 0 Å². The average molecular weight is 357 g/mol. The molecule has 0 saturated heterocycles. The van der Waals surface area contributed by atoms with E-state index >= 15 is 0 Å². The molecule has 0 fully saturated rings. The van der Waals surface area contributed by atoms with Gasteiger partial charge in [0, 0.05) is 25.7 Å². The van der Waals surface area contributed by atoms with Gasteiger partial charge in [0.2, 0.25) is 5.95 Å². The molecule has 5 heteroatoms. The summed E-state index contributed by atoms with van der Waals surface area (Å²) < 4.78 is 1.06. The molecular formula is C12H12IN3S. The van der Waals surface area contributed by atoms with Gasteiger partial charge in [-0.2, -0.15) is 0 Å². The van der Waals surface area contributed by atoms with Crippen LogP contribution >= 0.6 is 33.9 Å². The van der Waals surface area contributed by atoms with E-state index in [1.165, 1.54) is 24.1 Å². The first-order valence-electron chi connectivity index (χ1n) is 5.63. The summed E-state index contributed by atoms with van der Waals surface area (Å²) in [4.78, 5) is 11.4. The third-order valence-electron chi connectivity index (χ3n) is 2.84. The number of hydrogen-bond donors (Lipinski definition) is 1. The SMILES string of the molecule is Ic1cnc(NCc2cc3c(s2)CCC3)nc1. The van der Waals surface area contributed by atoms with Crippen LogP contribution in [0.25, 0.3) is 0 Å². The number of hydrogen-bond acceptors (Lipinski definition) is 4. The van der Waals surface area contributed by atoms with Crippen LogP contribution in [0.2, 0.25) is 0 Å². The fraction of sp³-hybridized carbons (Fsp3) is 0.333. The number of anilines is 1. The van der Waals surface area contributed by atoms with Gasteiger partial charge in [-0.25, -0.2) is 9.97 Å². The van der Waals surface area contributed by atoms with Crippen molar-refractivity contribution in [1.29, 1.82) is 0 Å². The van der Waals surface area contributed by atoms with Crippen LogP contribution in [-0.4, -0.2) is 9.97 Å². The number of rotatable bonds is 3. The van der Waals surface area contributed by atoms with Crippen LogP contribution in [0.5, 0.6) is 0 Å². The third kappa shape index (κ3) is 2.60. The molecule has 3 nitrogen and oxygen atoms in total. The molecule has 1 N–H and O–H groups in total. The van der Waals surface area contributed by atoms with Gasteiger partial charge in [0.05, 0.1) is 6.54 Å². The predicted molar refractivity (Wildman–Crippen MR) is 78.4 cm³/mol. The molecule has 17 heavy (non-hydrogen) atoms. The number of nitrogens with one attached hydrogen (secondary N) is 1. The first-order valence-corrected chi connectivity index (χ1v) is 7.53. The molecule has 2 aromatic rings. The van der Waals surface area contributed by atoms with Gasteiger partial charge >= 0.3 is 0 Å². The quantitative estimate of drug-likeness (QED) is 0.857. The molecule has 0 bridgehead atoms. The predicted octanol–water partition coefficient (Wildman–Crippen LogP) is 3.24. The lowest BCUT2D eigenvalue weighted by Gasteiger charge is -2.02. The largest absolute Gasteiger partial charge is 0.349 e. The number of nitrogens with zero attached hydrogens (tertiary/aromatic N) is 2. The van der Waals surface area contributed by atoms with Gasteiger partial charge in [-0.1, -0.05) is 0 Å². The molecule has 3 rings (SSSR count). The molecule has 0 saturated carbocycles. The Morgan fingerprint density at radius 2 is 2.12 bits per heavy atom. The van der Waals surface area contributed by atoms with Gasteiger partial charge in [-0.3, -0.25) is 0 Å². The van der Waals surface area contributed by atoms with Crippen LogP contribution in [0.15, 0.2) is 18.5 Å². The van der Waals surface area contributed by atoms with Crippen molar-refractivity contribution in [3.8, 4) is 0 Å². The Bertz CT molecular complexity index is 500. The Hall–Kier alpha value is -0.690. The molecule has 2 heterocycles. The summed E-state index contributed by atoms with van der Waals surface area (Å²) in [5.41, 5.74) is 1.55. The maximum absolute atomic E-state index is 4.23. The van der Waals surface area contributed by atoms with E-state index in [4.69, 9.17) is 0 Å². The second-order valence-electron chi connectivity index (χ2n) is 4.09. The molecule has 0 spiro atoms. The van der Waals surface area contributed by atoms with E-state index in [1.807, 2.05) is 23.7 Å². The Labute approximate surface area is 118 Å². The molecule has 0 amide bonds. The smallest absolute Gasteiger partial charge is 0.222 e. The highest BCUT2D eigenvalue weighted by Crippen LogP contribution is 2.30. The molecule has 0 aliphatic heterocycles. The monoisotopic (exact) mass is 357 g/mol. The minimum Gasteiger partial charge on any atom is -0.349 e. The minimum atomic E-state index is 0.707. The van der Waals surface area contributed by atoms with Crippen molar-refractivity contribution in [2.45, 2.75) is 25.8 Å². The van der Waals surface area contributed by atoms with E-state index in [0.29, 0.717) is 5.95 Å². The lowest BCUT2D eigenvalue weighted by molar-refractivity contribution is 0.913. The van der Waals surface area contributed by atoms with Crippen LogP contribution in [-0.2, 0) is 19.4 Å². The van der Waals surface area contributed by atoms with Crippen molar-refractivity contribution >= 4 is 39.9 Å². The molecular weight excluding hydrogens is 345 g/mol. The maximum atomic E-state index is 4.23. The van der Waals surface area contributed by atoms with Crippen LogP contribution in [0, 0.1) is 3.57 Å². The Morgan fingerprint density at radius 1 is 1.29 bits per heavy atom. The molecule has 1 aliphatic rings. The summed E-state index contributed by atoms with van der Waals surface area (Å²) in [6.07, 6.45) is 7.50. The number of halogens is 1. The minimum absolute atomic E-state index is 0.707. The topological polar surface area (TPSA) is 37.8 Å². The summed E-state index contributed by atoms with van der Waals surface area (Å²) in [5.74, 6) is 0.707. The first kappa shape index (κ1) is 11.4. The molecule has 2 aromatic heterocycles. The van der Waals surface area contributed by atoms with Crippen LogP contribution in [0.1, 0.15) is 21.7 Å². The fourth-order valence-electron chi connectivity index (χ4n) is 2.05. The molecule has 0 unspecified atom stereocenters. The van der Waals surface area contributed by atoms with Gasteiger partial charge in [0.15, 0.2) is 0 Å². The van der Waals surface area contributed by atoms with Crippen molar-refractivity contribution < 1.29 is 0 Å². The average Bonchev–Trinajstić information content (AvgIpc) is 2.88. The van der Waals surface area contributed by atoms with Gasteiger partial charge < -0.3 is 5.32 Å². The van der Waals surface area contributed by atoms with Crippen molar-refractivity contribution in [3.05, 3.63) is 37.3 Å². The van der Waals surface area contributed by atoms with Gasteiger partial charge in [0.25, 0.3) is 0 Å². The van der Waals surface area contributed by atoms with E-state index in [0.717, 1.165) is 10.1 Å². The van der Waals surface area contributed by atoms with E-state index in [-0.39, 0.29) is 0 Å². The van der Waals surface area contributed by atoms with Crippen molar-refractivity contribution in [2.24, 2.45) is 0 Å². The zero-order valence-corrected chi connectivity index (χ0v) is 12.2. The lowest BCUT2D eigenvalue weighted by atomic mass is 10.2. The summed E-state index contributed by atoms with van der Waals surface area (Å²) in [5, 5.41) is 3.26. The fourth-order valence-corrected chi connectivity index (χ4v) is 3.53. The number of thiophene rings is 1. The van der Waals surface area contributed by atoms with Crippen LogP contribution in [0.4, 0.5) is 5.95 Å². The summed E-state index contributed by atoms with van der Waals surface area (Å²) in [6, 6.07) is 2.33. The molecule has 0 radical (unpaired) electrons.